The molecule has 9 heteroatoms. The van der Waals surface area contributed by atoms with Crippen LogP contribution in [-0.2, 0) is 12.8 Å². The van der Waals surface area contributed by atoms with Gasteiger partial charge in [0.25, 0.3) is 5.56 Å². The van der Waals surface area contributed by atoms with Crippen LogP contribution in [0.25, 0.3) is 16.0 Å². The Morgan fingerprint density at radius 2 is 2.15 bits per heavy atom. The lowest BCUT2D eigenvalue weighted by Gasteiger charge is -2.07. The fraction of sp³-hybridized carbons (Fsp3) is 0.235. The first-order valence-electron chi connectivity index (χ1n) is 7.82. The normalized spacial score (nSPS) is 11.3. The molecule has 4 aromatic rings. The summed E-state index contributed by atoms with van der Waals surface area (Å²) < 4.78 is 4.08. The van der Waals surface area contributed by atoms with Crippen molar-refractivity contribution in [1.82, 2.24) is 24.1 Å². The SMILES string of the molecule is Cc1cc(C)c(C#N)c(SCc2nnc3n(C)c(=O)c4sccc4n23)n1. The Morgan fingerprint density at radius 3 is 2.92 bits per heavy atom. The number of aryl methyl sites for hydroxylation is 3. The molecule has 0 atom stereocenters. The van der Waals surface area contributed by atoms with Gasteiger partial charge in [-0.25, -0.2) is 4.98 Å². The first-order valence-corrected chi connectivity index (χ1v) is 9.69. The van der Waals surface area contributed by atoms with Crippen molar-refractivity contribution < 1.29 is 0 Å². The van der Waals surface area contributed by atoms with Gasteiger partial charge in [0.1, 0.15) is 21.6 Å². The summed E-state index contributed by atoms with van der Waals surface area (Å²) in [5, 5.41) is 20.5. The van der Waals surface area contributed by atoms with Crippen LogP contribution in [0.15, 0.2) is 27.3 Å². The van der Waals surface area contributed by atoms with Crippen LogP contribution in [0.4, 0.5) is 0 Å². The number of nitriles is 1. The van der Waals surface area contributed by atoms with Gasteiger partial charge in [0.05, 0.1) is 16.8 Å². The van der Waals surface area contributed by atoms with Crippen molar-refractivity contribution in [1.29, 1.82) is 5.26 Å². The molecule has 0 saturated heterocycles. The summed E-state index contributed by atoms with van der Waals surface area (Å²) in [4.78, 5) is 16.9. The van der Waals surface area contributed by atoms with E-state index in [4.69, 9.17) is 0 Å². The molecule has 0 aliphatic heterocycles. The molecule has 0 spiro atoms. The molecule has 7 nitrogen and oxygen atoms in total. The molecule has 0 aliphatic rings. The Morgan fingerprint density at radius 1 is 1.35 bits per heavy atom. The van der Waals surface area contributed by atoms with Gasteiger partial charge in [-0.05, 0) is 36.9 Å². The van der Waals surface area contributed by atoms with E-state index in [1.54, 1.807) is 7.05 Å². The topological polar surface area (TPSA) is 88.9 Å². The van der Waals surface area contributed by atoms with Gasteiger partial charge >= 0.3 is 0 Å². The van der Waals surface area contributed by atoms with E-state index < -0.39 is 0 Å². The zero-order valence-corrected chi connectivity index (χ0v) is 16.0. The lowest BCUT2D eigenvalue weighted by atomic mass is 10.1. The van der Waals surface area contributed by atoms with E-state index >= 15 is 0 Å². The third-order valence-corrected chi connectivity index (χ3v) is 6.02. The van der Waals surface area contributed by atoms with Gasteiger partial charge in [-0.15, -0.1) is 21.5 Å². The summed E-state index contributed by atoms with van der Waals surface area (Å²) in [6.45, 7) is 3.82. The number of fused-ring (bicyclic) bond motifs is 3. The minimum Gasteiger partial charge on any atom is -0.279 e. The molecule has 0 N–H and O–H groups in total. The van der Waals surface area contributed by atoms with Gasteiger partial charge in [0, 0.05) is 12.7 Å². The third-order valence-electron chi connectivity index (χ3n) is 4.16. The first-order chi connectivity index (χ1) is 12.5. The summed E-state index contributed by atoms with van der Waals surface area (Å²) in [5.74, 6) is 1.72. The van der Waals surface area contributed by atoms with E-state index in [-0.39, 0.29) is 5.56 Å². The van der Waals surface area contributed by atoms with Crippen LogP contribution in [0.5, 0.6) is 0 Å². The molecule has 130 valence electrons. The maximum absolute atomic E-state index is 12.4. The standard InChI is InChI=1S/C17H14N6OS2/c1-9-6-10(2)19-15(11(9)7-18)26-8-13-20-21-17-22(3)16(24)14-12(23(13)17)4-5-25-14/h4-6H,8H2,1-3H3. The van der Waals surface area contributed by atoms with Crippen LogP contribution in [0, 0.1) is 25.2 Å². The van der Waals surface area contributed by atoms with Crippen LogP contribution < -0.4 is 5.56 Å². The van der Waals surface area contributed by atoms with Gasteiger partial charge in [0.2, 0.25) is 5.78 Å². The van der Waals surface area contributed by atoms with E-state index in [1.807, 2.05) is 35.8 Å². The Hall–Kier alpha value is -2.70. The maximum atomic E-state index is 12.4. The van der Waals surface area contributed by atoms with Crippen molar-refractivity contribution >= 4 is 39.1 Å². The van der Waals surface area contributed by atoms with Crippen LogP contribution in [0.3, 0.4) is 0 Å². The largest absolute Gasteiger partial charge is 0.279 e. The Labute approximate surface area is 156 Å². The molecule has 0 bridgehead atoms. The molecule has 0 fully saturated rings. The highest BCUT2D eigenvalue weighted by Crippen LogP contribution is 2.27. The Kier molecular flexibility index (Phi) is 4.01. The first kappa shape index (κ1) is 16.8. The van der Waals surface area contributed by atoms with Crippen LogP contribution in [0.2, 0.25) is 0 Å². The van der Waals surface area contributed by atoms with Crippen LogP contribution in [0.1, 0.15) is 22.6 Å². The van der Waals surface area contributed by atoms with Crippen molar-refractivity contribution in [3.8, 4) is 6.07 Å². The molecule has 4 heterocycles. The van der Waals surface area contributed by atoms with Crippen molar-refractivity contribution in [3.05, 3.63) is 50.5 Å². The Balaban J connectivity index is 1.81. The van der Waals surface area contributed by atoms with E-state index in [9.17, 15) is 10.1 Å². The van der Waals surface area contributed by atoms with Crippen LogP contribution >= 0.6 is 23.1 Å². The van der Waals surface area contributed by atoms with Crippen molar-refractivity contribution in [2.75, 3.05) is 0 Å². The summed E-state index contributed by atoms with van der Waals surface area (Å²) in [6, 6.07) is 6.04. The number of nitrogens with zero attached hydrogens (tertiary/aromatic N) is 6. The van der Waals surface area contributed by atoms with Gasteiger partial charge in [0.15, 0.2) is 0 Å². The van der Waals surface area contributed by atoms with Gasteiger partial charge in [-0.1, -0.05) is 11.8 Å². The minimum absolute atomic E-state index is 0.0724. The molecule has 0 saturated carbocycles. The molecular weight excluding hydrogens is 368 g/mol. The van der Waals surface area contributed by atoms with Crippen LogP contribution in [-0.4, -0.2) is 24.1 Å². The molecule has 4 rings (SSSR count). The number of aromatic nitrogens is 5. The average molecular weight is 382 g/mol. The molecule has 0 unspecified atom stereocenters. The number of hydrogen-bond acceptors (Lipinski definition) is 7. The molecule has 0 radical (unpaired) electrons. The van der Waals surface area contributed by atoms with Gasteiger partial charge in [-0.2, -0.15) is 5.26 Å². The predicted octanol–water partition coefficient (Wildman–Crippen LogP) is 2.82. The highest BCUT2D eigenvalue weighted by atomic mass is 32.2. The number of hydrogen-bond donors (Lipinski definition) is 0. The van der Waals surface area contributed by atoms with Crippen molar-refractivity contribution in [3.63, 3.8) is 0 Å². The second kappa shape index (κ2) is 6.23. The molecule has 4 aromatic heterocycles. The zero-order chi connectivity index (χ0) is 18.4. The van der Waals surface area contributed by atoms with Gasteiger partial charge in [-0.3, -0.25) is 13.8 Å². The van der Waals surface area contributed by atoms with E-state index in [2.05, 4.69) is 21.3 Å². The smallest absolute Gasteiger partial charge is 0.272 e. The zero-order valence-electron chi connectivity index (χ0n) is 14.3. The summed E-state index contributed by atoms with van der Waals surface area (Å²) in [7, 11) is 1.70. The number of thioether (sulfide) groups is 1. The number of pyridine rings is 1. The highest BCUT2D eigenvalue weighted by Gasteiger charge is 2.17. The molecule has 0 amide bonds. The second-order valence-electron chi connectivity index (χ2n) is 5.91. The number of thiophene rings is 1. The molecular formula is C17H14N6OS2. The monoisotopic (exact) mass is 382 g/mol. The quantitative estimate of drug-likeness (QED) is 0.506. The summed E-state index contributed by atoms with van der Waals surface area (Å²) in [6.07, 6.45) is 0. The lowest BCUT2D eigenvalue weighted by molar-refractivity contribution is 0.860. The number of rotatable bonds is 3. The van der Waals surface area contributed by atoms with E-state index in [1.165, 1.54) is 27.7 Å². The van der Waals surface area contributed by atoms with Gasteiger partial charge < -0.3 is 0 Å². The molecule has 0 aliphatic carbocycles. The van der Waals surface area contributed by atoms with Crippen molar-refractivity contribution in [2.45, 2.75) is 24.6 Å². The fourth-order valence-electron chi connectivity index (χ4n) is 2.92. The maximum Gasteiger partial charge on any atom is 0.272 e. The minimum atomic E-state index is -0.0724. The Bertz CT molecular complexity index is 1260. The molecule has 26 heavy (non-hydrogen) atoms. The molecule has 0 aromatic carbocycles. The fourth-order valence-corrected chi connectivity index (χ4v) is 4.79. The summed E-state index contributed by atoms with van der Waals surface area (Å²) >= 11 is 2.86. The van der Waals surface area contributed by atoms with E-state index in [0.29, 0.717) is 32.6 Å². The second-order valence-corrected chi connectivity index (χ2v) is 7.79. The van der Waals surface area contributed by atoms with Crippen molar-refractivity contribution in [2.24, 2.45) is 7.05 Å². The average Bonchev–Trinajstić information content (AvgIpc) is 3.24. The lowest BCUT2D eigenvalue weighted by Crippen LogP contribution is -2.19. The summed E-state index contributed by atoms with van der Waals surface area (Å²) in [5.41, 5.74) is 3.11. The predicted molar refractivity (Wildman–Crippen MR) is 102 cm³/mol. The third kappa shape index (κ3) is 2.50. The highest BCUT2D eigenvalue weighted by molar-refractivity contribution is 7.98. The van der Waals surface area contributed by atoms with E-state index in [0.717, 1.165) is 16.8 Å².